The van der Waals surface area contributed by atoms with Crippen LogP contribution in [0.4, 0.5) is 0 Å². The van der Waals surface area contributed by atoms with Crippen LogP contribution < -0.4 is 5.32 Å². The second kappa shape index (κ2) is 4.47. The highest BCUT2D eigenvalue weighted by atomic mass is 28.4. The molecule has 0 aromatic rings. The van der Waals surface area contributed by atoms with Crippen LogP contribution in [0.2, 0.25) is 18.1 Å². The third-order valence-corrected chi connectivity index (χ3v) is 8.22. The van der Waals surface area contributed by atoms with E-state index in [1.807, 2.05) is 0 Å². The van der Waals surface area contributed by atoms with E-state index in [1.54, 1.807) is 0 Å². The zero-order chi connectivity index (χ0) is 12.6. The number of rotatable bonds is 3. The minimum atomic E-state index is -1.77. The second-order valence-electron chi connectivity index (χ2n) is 6.02. The van der Waals surface area contributed by atoms with Crippen molar-refractivity contribution in [2.45, 2.75) is 45.0 Å². The second-order valence-corrected chi connectivity index (χ2v) is 10.8. The van der Waals surface area contributed by atoms with E-state index >= 15 is 0 Å². The van der Waals surface area contributed by atoms with Crippen LogP contribution in [0.1, 0.15) is 20.8 Å². The molecule has 2 atom stereocenters. The number of amides is 1. The van der Waals surface area contributed by atoms with Crippen molar-refractivity contribution >= 4 is 14.2 Å². The Morgan fingerprint density at radius 3 is 2.44 bits per heavy atom. The summed E-state index contributed by atoms with van der Waals surface area (Å²) in [5, 5.41) is 12.4. The summed E-state index contributed by atoms with van der Waals surface area (Å²) in [6, 6.07) is 0. The lowest BCUT2D eigenvalue weighted by Gasteiger charge is -2.37. The molecule has 2 N–H and O–H groups in total. The molecule has 1 rings (SSSR count). The molecular weight excluding hydrogens is 222 g/mol. The van der Waals surface area contributed by atoms with Crippen molar-refractivity contribution in [3.8, 4) is 0 Å². The van der Waals surface area contributed by atoms with Crippen LogP contribution in [0.25, 0.3) is 0 Å². The summed E-state index contributed by atoms with van der Waals surface area (Å²) in [6.45, 7) is 11.9. The molecule has 0 spiro atoms. The van der Waals surface area contributed by atoms with Gasteiger partial charge in [-0.05, 0) is 18.1 Å². The maximum absolute atomic E-state index is 11.1. The van der Waals surface area contributed by atoms with Gasteiger partial charge in [0.05, 0.1) is 0 Å². The Kier molecular flexibility index (Phi) is 3.82. The number of carbonyl (C=O) groups excluding carboxylic acids is 1. The lowest BCUT2D eigenvalue weighted by atomic mass is 10.1. The van der Waals surface area contributed by atoms with Gasteiger partial charge in [0.1, 0.15) is 6.10 Å². The number of aliphatic hydroxyl groups is 1. The van der Waals surface area contributed by atoms with Crippen molar-refractivity contribution in [3.05, 3.63) is 0 Å². The van der Waals surface area contributed by atoms with Crippen LogP contribution in [-0.2, 0) is 9.22 Å². The fourth-order valence-electron chi connectivity index (χ4n) is 1.34. The van der Waals surface area contributed by atoms with Gasteiger partial charge < -0.3 is 14.8 Å². The molecule has 0 saturated carbocycles. The zero-order valence-corrected chi connectivity index (χ0v) is 11.8. The lowest BCUT2D eigenvalue weighted by molar-refractivity contribution is -0.127. The van der Waals surface area contributed by atoms with Crippen LogP contribution >= 0.6 is 0 Å². The van der Waals surface area contributed by atoms with E-state index < -0.39 is 14.4 Å². The normalized spacial score (nSPS) is 27.0. The van der Waals surface area contributed by atoms with E-state index in [9.17, 15) is 9.90 Å². The first-order valence-electron chi connectivity index (χ1n) is 5.75. The monoisotopic (exact) mass is 245 g/mol. The third kappa shape index (κ3) is 2.84. The van der Waals surface area contributed by atoms with Gasteiger partial charge in [-0.25, -0.2) is 0 Å². The van der Waals surface area contributed by atoms with Gasteiger partial charge >= 0.3 is 0 Å². The summed E-state index contributed by atoms with van der Waals surface area (Å²) in [5.41, 5.74) is 0. The fraction of sp³-hybridized carbons (Fsp3) is 0.909. The van der Waals surface area contributed by atoms with E-state index in [0.717, 1.165) is 0 Å². The molecule has 1 aliphatic rings. The molecule has 5 heteroatoms. The average molecular weight is 245 g/mol. The number of carbonyl (C=O) groups is 1. The summed E-state index contributed by atoms with van der Waals surface area (Å²) in [4.78, 5) is 11.1. The fourth-order valence-corrected chi connectivity index (χ4v) is 2.41. The molecule has 2 unspecified atom stereocenters. The number of hydrogen-bond donors (Lipinski definition) is 2. The molecule has 0 aromatic carbocycles. The first-order chi connectivity index (χ1) is 7.15. The first-order valence-corrected chi connectivity index (χ1v) is 8.66. The van der Waals surface area contributed by atoms with Crippen molar-refractivity contribution in [3.63, 3.8) is 0 Å². The van der Waals surface area contributed by atoms with Gasteiger partial charge in [-0.15, -0.1) is 0 Å². The lowest BCUT2D eigenvalue weighted by Crippen LogP contribution is -2.43. The summed E-state index contributed by atoms with van der Waals surface area (Å²) in [6.07, 6.45) is -0.898. The highest BCUT2D eigenvalue weighted by molar-refractivity contribution is 6.74. The van der Waals surface area contributed by atoms with Gasteiger partial charge in [0.25, 0.3) is 0 Å². The Bertz CT molecular complexity index is 273. The molecule has 4 nitrogen and oxygen atoms in total. The predicted molar refractivity (Wildman–Crippen MR) is 65.7 cm³/mol. The van der Waals surface area contributed by atoms with Crippen LogP contribution in [0.5, 0.6) is 0 Å². The SMILES string of the molecule is CC(C)(C)[Si](C)(C)OCC1CNC(=O)C1O. The van der Waals surface area contributed by atoms with E-state index in [0.29, 0.717) is 13.2 Å². The average Bonchev–Trinajstić information content (AvgIpc) is 2.43. The third-order valence-electron chi connectivity index (χ3n) is 3.72. The van der Waals surface area contributed by atoms with Gasteiger partial charge in [0.15, 0.2) is 8.32 Å². The predicted octanol–water partition coefficient (Wildman–Crippen LogP) is 1.12. The van der Waals surface area contributed by atoms with Crippen molar-refractivity contribution < 1.29 is 14.3 Å². The molecule has 0 bridgehead atoms. The van der Waals surface area contributed by atoms with Crippen LogP contribution in [0.3, 0.4) is 0 Å². The van der Waals surface area contributed by atoms with E-state index in [2.05, 4.69) is 39.2 Å². The minimum Gasteiger partial charge on any atom is -0.416 e. The van der Waals surface area contributed by atoms with Crippen LogP contribution in [-0.4, -0.2) is 38.6 Å². The molecule has 0 aromatic heterocycles. The Morgan fingerprint density at radius 1 is 1.50 bits per heavy atom. The molecule has 1 amide bonds. The molecule has 94 valence electrons. The van der Waals surface area contributed by atoms with Gasteiger partial charge in [-0.3, -0.25) is 4.79 Å². The zero-order valence-electron chi connectivity index (χ0n) is 10.8. The Labute approximate surface area is 98.5 Å². The molecule has 1 fully saturated rings. The standard InChI is InChI=1S/C11H23NO3Si/c1-11(2,3)16(4,5)15-7-8-6-12-10(14)9(8)13/h8-9,13H,6-7H2,1-5H3,(H,12,14). The van der Waals surface area contributed by atoms with Gasteiger partial charge in [-0.1, -0.05) is 20.8 Å². The van der Waals surface area contributed by atoms with Crippen molar-refractivity contribution in [2.24, 2.45) is 5.92 Å². The quantitative estimate of drug-likeness (QED) is 0.732. The first kappa shape index (κ1) is 13.7. The van der Waals surface area contributed by atoms with E-state index in [1.165, 1.54) is 0 Å². The summed E-state index contributed by atoms with van der Waals surface area (Å²) >= 11 is 0. The largest absolute Gasteiger partial charge is 0.416 e. The smallest absolute Gasteiger partial charge is 0.249 e. The minimum absolute atomic E-state index is 0.0957. The van der Waals surface area contributed by atoms with Gasteiger partial charge in [0, 0.05) is 19.1 Å². The van der Waals surface area contributed by atoms with Crippen molar-refractivity contribution in [1.82, 2.24) is 5.32 Å². The molecule has 16 heavy (non-hydrogen) atoms. The maximum atomic E-state index is 11.1. The topological polar surface area (TPSA) is 58.6 Å². The Hall–Kier alpha value is -0.393. The molecular formula is C11H23NO3Si. The van der Waals surface area contributed by atoms with E-state index in [4.69, 9.17) is 4.43 Å². The number of nitrogens with one attached hydrogen (secondary N) is 1. The van der Waals surface area contributed by atoms with Gasteiger partial charge in [0.2, 0.25) is 5.91 Å². The van der Waals surface area contributed by atoms with Crippen molar-refractivity contribution in [1.29, 1.82) is 0 Å². The highest BCUT2D eigenvalue weighted by Crippen LogP contribution is 2.36. The van der Waals surface area contributed by atoms with Crippen LogP contribution in [0.15, 0.2) is 0 Å². The summed E-state index contributed by atoms with van der Waals surface area (Å²) in [5.74, 6) is -0.370. The molecule has 1 aliphatic heterocycles. The summed E-state index contributed by atoms with van der Waals surface area (Å²) in [7, 11) is -1.77. The highest BCUT2D eigenvalue weighted by Gasteiger charge is 2.40. The van der Waals surface area contributed by atoms with Crippen LogP contribution in [0, 0.1) is 5.92 Å². The summed E-state index contributed by atoms with van der Waals surface area (Å²) < 4.78 is 5.98. The molecule has 1 saturated heterocycles. The van der Waals surface area contributed by atoms with Gasteiger partial charge in [-0.2, -0.15) is 0 Å². The molecule has 0 aliphatic carbocycles. The van der Waals surface area contributed by atoms with Crippen molar-refractivity contribution in [2.75, 3.05) is 13.2 Å². The maximum Gasteiger partial charge on any atom is 0.249 e. The molecule has 0 radical (unpaired) electrons. The van der Waals surface area contributed by atoms with E-state index in [-0.39, 0.29) is 16.9 Å². The number of aliphatic hydroxyl groups excluding tert-OH is 1. The molecule has 1 heterocycles. The Morgan fingerprint density at radius 2 is 2.06 bits per heavy atom. The Balaban J connectivity index is 2.49. The number of hydrogen-bond acceptors (Lipinski definition) is 3.